The number of hydrogen-bond donors (Lipinski definition) is 1. The Morgan fingerprint density at radius 1 is 1.11 bits per heavy atom. The summed E-state index contributed by atoms with van der Waals surface area (Å²) in [5.74, 6) is 0.0244. The van der Waals surface area contributed by atoms with E-state index < -0.39 is 10.0 Å². The molecule has 1 aliphatic rings. The Morgan fingerprint density at radius 3 is 2.44 bits per heavy atom. The summed E-state index contributed by atoms with van der Waals surface area (Å²) in [4.78, 5) is 12.7. The molecular formula is C19H30N2O5S. The van der Waals surface area contributed by atoms with Crippen molar-refractivity contribution in [3.63, 3.8) is 0 Å². The number of ether oxygens (including phenoxy) is 2. The fourth-order valence-electron chi connectivity index (χ4n) is 3.12. The number of nitrogens with zero attached hydrogens (tertiary/aromatic N) is 1. The van der Waals surface area contributed by atoms with Gasteiger partial charge in [0.1, 0.15) is 5.75 Å². The molecule has 0 aromatic heterocycles. The summed E-state index contributed by atoms with van der Waals surface area (Å²) in [6.45, 7) is 2.18. The lowest BCUT2D eigenvalue weighted by atomic mass is 10.2. The summed E-state index contributed by atoms with van der Waals surface area (Å²) < 4.78 is 37.7. The summed E-state index contributed by atoms with van der Waals surface area (Å²) in [5, 5.41) is 2.82. The van der Waals surface area contributed by atoms with Gasteiger partial charge < -0.3 is 14.8 Å². The van der Waals surface area contributed by atoms with Crippen molar-refractivity contribution >= 4 is 15.9 Å². The molecule has 1 aromatic carbocycles. The molecule has 8 heteroatoms. The van der Waals surface area contributed by atoms with Gasteiger partial charge in [-0.2, -0.15) is 4.31 Å². The molecule has 1 heterocycles. The minimum absolute atomic E-state index is 0.134. The summed E-state index contributed by atoms with van der Waals surface area (Å²) in [7, 11) is -0.513. The van der Waals surface area contributed by atoms with Crippen LogP contribution in [0.4, 0.5) is 0 Å². The number of carbonyl (C=O) groups is 1. The maximum Gasteiger partial charge on any atom is 0.255 e. The number of amides is 1. The van der Waals surface area contributed by atoms with Gasteiger partial charge in [0.15, 0.2) is 0 Å². The first-order chi connectivity index (χ1) is 13.0. The molecule has 0 bridgehead atoms. The van der Waals surface area contributed by atoms with Crippen LogP contribution in [-0.2, 0) is 14.8 Å². The van der Waals surface area contributed by atoms with Crippen LogP contribution >= 0.6 is 0 Å². The number of hydrogen-bond acceptors (Lipinski definition) is 5. The van der Waals surface area contributed by atoms with Gasteiger partial charge in [0.25, 0.3) is 5.91 Å². The smallest absolute Gasteiger partial charge is 0.255 e. The van der Waals surface area contributed by atoms with E-state index in [4.69, 9.17) is 9.47 Å². The van der Waals surface area contributed by atoms with Crippen molar-refractivity contribution in [3.05, 3.63) is 23.8 Å². The second kappa shape index (κ2) is 10.6. The molecule has 1 amide bonds. The zero-order valence-corrected chi connectivity index (χ0v) is 17.0. The Labute approximate surface area is 162 Å². The van der Waals surface area contributed by atoms with Crippen LogP contribution < -0.4 is 10.1 Å². The fraction of sp³-hybridized carbons (Fsp3) is 0.632. The van der Waals surface area contributed by atoms with Gasteiger partial charge in [-0.1, -0.05) is 12.8 Å². The van der Waals surface area contributed by atoms with Crippen LogP contribution in [0.2, 0.25) is 0 Å². The third-order valence-corrected chi connectivity index (χ3v) is 6.57. The van der Waals surface area contributed by atoms with Crippen molar-refractivity contribution in [1.29, 1.82) is 0 Å². The molecule has 152 valence electrons. The predicted molar refractivity (Wildman–Crippen MR) is 104 cm³/mol. The molecule has 1 N–H and O–H groups in total. The van der Waals surface area contributed by atoms with Crippen molar-refractivity contribution in [3.8, 4) is 5.75 Å². The molecule has 2 rings (SSSR count). The number of benzene rings is 1. The molecule has 0 spiro atoms. The number of sulfonamides is 1. The maximum atomic E-state index is 13.0. The Morgan fingerprint density at radius 2 is 1.81 bits per heavy atom. The molecule has 0 radical (unpaired) electrons. The van der Waals surface area contributed by atoms with Gasteiger partial charge in [0.2, 0.25) is 10.0 Å². The van der Waals surface area contributed by atoms with Gasteiger partial charge in [-0.05, 0) is 43.9 Å². The molecule has 0 unspecified atom stereocenters. The van der Waals surface area contributed by atoms with E-state index in [0.717, 1.165) is 38.5 Å². The zero-order chi connectivity index (χ0) is 19.7. The van der Waals surface area contributed by atoms with Crippen LogP contribution in [0.1, 0.15) is 48.9 Å². The van der Waals surface area contributed by atoms with Gasteiger partial charge in [0, 0.05) is 33.4 Å². The molecule has 1 aliphatic heterocycles. The highest BCUT2D eigenvalue weighted by Crippen LogP contribution is 2.26. The summed E-state index contributed by atoms with van der Waals surface area (Å²) >= 11 is 0. The molecule has 1 saturated heterocycles. The van der Waals surface area contributed by atoms with Gasteiger partial charge in [-0.3, -0.25) is 4.79 Å². The Balaban J connectivity index is 2.16. The average Bonchev–Trinajstić information content (AvgIpc) is 2.97. The number of rotatable bonds is 9. The predicted octanol–water partition coefficient (Wildman–Crippen LogP) is 2.42. The van der Waals surface area contributed by atoms with Crippen molar-refractivity contribution in [2.75, 3.05) is 40.5 Å². The highest BCUT2D eigenvalue weighted by atomic mass is 32.2. The van der Waals surface area contributed by atoms with E-state index in [2.05, 4.69) is 5.32 Å². The molecule has 0 aliphatic carbocycles. The SMILES string of the molecule is COCCCCNC(=O)c1cc(S(=O)(=O)N2CCCCCC2)ccc1OC. The number of unbranched alkanes of at least 4 members (excludes halogenated alkanes) is 1. The van der Waals surface area contributed by atoms with E-state index in [1.807, 2.05) is 0 Å². The lowest BCUT2D eigenvalue weighted by molar-refractivity contribution is 0.0948. The largest absolute Gasteiger partial charge is 0.496 e. The topological polar surface area (TPSA) is 84.9 Å². The first kappa shape index (κ1) is 21.7. The summed E-state index contributed by atoms with van der Waals surface area (Å²) in [6.07, 6.45) is 5.45. The van der Waals surface area contributed by atoms with E-state index in [0.29, 0.717) is 32.0 Å². The Kier molecular flexibility index (Phi) is 8.53. The van der Waals surface area contributed by atoms with Crippen LogP contribution in [0.25, 0.3) is 0 Å². The van der Waals surface area contributed by atoms with Crippen molar-refractivity contribution in [1.82, 2.24) is 9.62 Å². The lowest BCUT2D eigenvalue weighted by Gasteiger charge is -2.20. The van der Waals surface area contributed by atoms with Gasteiger partial charge >= 0.3 is 0 Å². The number of methoxy groups -OCH3 is 2. The third-order valence-electron chi connectivity index (χ3n) is 4.68. The summed E-state index contributed by atoms with van der Waals surface area (Å²) in [6, 6.07) is 4.47. The Bertz CT molecular complexity index is 713. The fourth-order valence-corrected chi connectivity index (χ4v) is 4.67. The average molecular weight is 399 g/mol. The second-order valence-corrected chi connectivity index (χ2v) is 8.57. The highest BCUT2D eigenvalue weighted by molar-refractivity contribution is 7.89. The van der Waals surface area contributed by atoms with Gasteiger partial charge in [-0.25, -0.2) is 8.42 Å². The van der Waals surface area contributed by atoms with Crippen LogP contribution in [-0.4, -0.2) is 59.1 Å². The van der Waals surface area contributed by atoms with Crippen LogP contribution in [0.5, 0.6) is 5.75 Å². The first-order valence-electron chi connectivity index (χ1n) is 9.46. The van der Waals surface area contributed by atoms with E-state index in [1.165, 1.54) is 23.5 Å². The second-order valence-electron chi connectivity index (χ2n) is 6.64. The number of nitrogens with one attached hydrogen (secondary N) is 1. The molecule has 0 atom stereocenters. The normalized spacial score (nSPS) is 15.9. The summed E-state index contributed by atoms with van der Waals surface area (Å²) in [5.41, 5.74) is 0.236. The zero-order valence-electron chi connectivity index (χ0n) is 16.2. The van der Waals surface area contributed by atoms with Gasteiger partial charge in [-0.15, -0.1) is 0 Å². The first-order valence-corrected chi connectivity index (χ1v) is 10.9. The highest BCUT2D eigenvalue weighted by Gasteiger charge is 2.27. The van der Waals surface area contributed by atoms with Crippen LogP contribution in [0.15, 0.2) is 23.1 Å². The standard InChI is InChI=1S/C19H30N2O5S/c1-25-14-8-5-11-20-19(22)17-15-16(9-10-18(17)26-2)27(23,24)21-12-6-3-4-7-13-21/h9-10,15H,3-8,11-14H2,1-2H3,(H,20,22). The van der Waals surface area contributed by atoms with Crippen molar-refractivity contribution in [2.45, 2.75) is 43.4 Å². The van der Waals surface area contributed by atoms with Gasteiger partial charge in [0.05, 0.1) is 17.6 Å². The van der Waals surface area contributed by atoms with E-state index in [1.54, 1.807) is 13.2 Å². The minimum atomic E-state index is -3.62. The third kappa shape index (κ3) is 5.92. The molecule has 7 nitrogen and oxygen atoms in total. The van der Waals surface area contributed by atoms with Crippen molar-refractivity contribution < 1.29 is 22.7 Å². The van der Waals surface area contributed by atoms with Crippen LogP contribution in [0, 0.1) is 0 Å². The molecule has 1 fully saturated rings. The van der Waals surface area contributed by atoms with Crippen molar-refractivity contribution in [2.24, 2.45) is 0 Å². The minimum Gasteiger partial charge on any atom is -0.496 e. The number of carbonyl (C=O) groups excluding carboxylic acids is 1. The monoisotopic (exact) mass is 398 g/mol. The van der Waals surface area contributed by atoms with E-state index >= 15 is 0 Å². The van der Waals surface area contributed by atoms with E-state index in [-0.39, 0.29) is 16.4 Å². The Hall–Kier alpha value is -1.64. The van der Waals surface area contributed by atoms with Crippen LogP contribution in [0.3, 0.4) is 0 Å². The lowest BCUT2D eigenvalue weighted by Crippen LogP contribution is -2.32. The quantitative estimate of drug-likeness (QED) is 0.646. The molecule has 1 aromatic rings. The molecule has 27 heavy (non-hydrogen) atoms. The maximum absolute atomic E-state index is 13.0. The molecule has 0 saturated carbocycles. The van der Waals surface area contributed by atoms with E-state index in [9.17, 15) is 13.2 Å². The molecular weight excluding hydrogens is 368 g/mol.